The van der Waals surface area contributed by atoms with Crippen molar-refractivity contribution in [1.29, 1.82) is 0 Å². The number of carbonyl (C=O) groups is 1. The molecule has 0 spiro atoms. The smallest absolute Gasteiger partial charge is 0.312 e. The Hall–Kier alpha value is -3.16. The van der Waals surface area contributed by atoms with Crippen molar-refractivity contribution >= 4 is 28.6 Å². The van der Waals surface area contributed by atoms with E-state index in [1.165, 1.54) is 11.5 Å². The SMILES string of the molecule is CC(=O)Cn1c(=O)c2c(nc3n2CC(C)CN3c2ccc(C)cc2)n(C)c1=O. The van der Waals surface area contributed by atoms with Gasteiger partial charge in [0.2, 0.25) is 5.95 Å². The predicted molar refractivity (Wildman–Crippen MR) is 107 cm³/mol. The van der Waals surface area contributed by atoms with Gasteiger partial charge in [-0.1, -0.05) is 24.6 Å². The second-order valence-corrected chi connectivity index (χ2v) is 7.68. The quantitative estimate of drug-likeness (QED) is 0.688. The molecule has 3 heterocycles. The fraction of sp³-hybridized carbons (Fsp3) is 0.400. The van der Waals surface area contributed by atoms with Crippen LogP contribution in [-0.4, -0.2) is 31.0 Å². The number of benzene rings is 1. The molecule has 0 N–H and O–H groups in total. The molecule has 1 atom stereocenters. The first-order valence-corrected chi connectivity index (χ1v) is 9.31. The fourth-order valence-corrected chi connectivity index (χ4v) is 3.81. The van der Waals surface area contributed by atoms with E-state index in [0.29, 0.717) is 23.7 Å². The third kappa shape index (κ3) is 2.76. The Kier molecular flexibility index (Phi) is 4.21. The van der Waals surface area contributed by atoms with Gasteiger partial charge in [0.15, 0.2) is 11.2 Å². The molecule has 0 saturated heterocycles. The Morgan fingerprint density at radius 3 is 2.50 bits per heavy atom. The van der Waals surface area contributed by atoms with Crippen LogP contribution in [0.2, 0.25) is 0 Å². The number of aromatic nitrogens is 4. The average molecular weight is 381 g/mol. The van der Waals surface area contributed by atoms with Crippen LogP contribution in [0.4, 0.5) is 11.6 Å². The van der Waals surface area contributed by atoms with E-state index in [9.17, 15) is 14.4 Å². The molecule has 8 nitrogen and oxygen atoms in total. The largest absolute Gasteiger partial charge is 0.332 e. The lowest BCUT2D eigenvalue weighted by atomic mass is 10.1. The Morgan fingerprint density at radius 2 is 1.86 bits per heavy atom. The third-order valence-corrected chi connectivity index (χ3v) is 5.17. The molecule has 1 aliphatic rings. The maximum Gasteiger partial charge on any atom is 0.332 e. The van der Waals surface area contributed by atoms with E-state index in [-0.39, 0.29) is 18.2 Å². The number of rotatable bonds is 3. The summed E-state index contributed by atoms with van der Waals surface area (Å²) >= 11 is 0. The van der Waals surface area contributed by atoms with Gasteiger partial charge in [0.05, 0.1) is 6.54 Å². The van der Waals surface area contributed by atoms with Crippen molar-refractivity contribution in [3.05, 3.63) is 50.7 Å². The van der Waals surface area contributed by atoms with Crippen LogP contribution in [0.25, 0.3) is 11.2 Å². The van der Waals surface area contributed by atoms with Crippen LogP contribution in [0.15, 0.2) is 33.9 Å². The monoisotopic (exact) mass is 381 g/mol. The lowest BCUT2D eigenvalue weighted by Gasteiger charge is -2.33. The summed E-state index contributed by atoms with van der Waals surface area (Å²) in [5.41, 5.74) is 1.86. The number of hydrogen-bond donors (Lipinski definition) is 0. The summed E-state index contributed by atoms with van der Waals surface area (Å²) in [5, 5.41) is 0. The number of ketones is 1. The van der Waals surface area contributed by atoms with E-state index in [1.807, 2.05) is 35.8 Å². The first-order chi connectivity index (χ1) is 13.3. The summed E-state index contributed by atoms with van der Waals surface area (Å²) < 4.78 is 4.22. The summed E-state index contributed by atoms with van der Waals surface area (Å²) in [6.45, 7) is 6.67. The van der Waals surface area contributed by atoms with Crippen LogP contribution in [0, 0.1) is 12.8 Å². The maximum atomic E-state index is 13.1. The molecule has 1 aromatic carbocycles. The lowest BCUT2D eigenvalue weighted by molar-refractivity contribution is -0.117. The summed E-state index contributed by atoms with van der Waals surface area (Å²) in [6.07, 6.45) is 0. The van der Waals surface area contributed by atoms with Crippen molar-refractivity contribution in [3.63, 3.8) is 0 Å². The van der Waals surface area contributed by atoms with Gasteiger partial charge in [0.1, 0.15) is 5.78 Å². The molecule has 0 radical (unpaired) electrons. The molecule has 1 unspecified atom stereocenters. The summed E-state index contributed by atoms with van der Waals surface area (Å²) in [5.74, 6) is 0.681. The first-order valence-electron chi connectivity index (χ1n) is 9.31. The minimum absolute atomic E-state index is 0.237. The van der Waals surface area contributed by atoms with Crippen molar-refractivity contribution < 1.29 is 4.79 Å². The summed E-state index contributed by atoms with van der Waals surface area (Å²) in [4.78, 5) is 44.0. The second kappa shape index (κ2) is 6.47. The highest BCUT2D eigenvalue weighted by molar-refractivity contribution is 5.78. The number of nitrogens with zero attached hydrogens (tertiary/aromatic N) is 5. The van der Waals surface area contributed by atoms with Crippen LogP contribution >= 0.6 is 0 Å². The minimum Gasteiger partial charge on any atom is -0.312 e. The number of Topliss-reactive ketones (excluding diaryl/α,β-unsaturated/α-hetero) is 1. The van der Waals surface area contributed by atoms with E-state index >= 15 is 0 Å². The van der Waals surface area contributed by atoms with E-state index in [4.69, 9.17) is 0 Å². The maximum absolute atomic E-state index is 13.1. The number of aryl methyl sites for hydroxylation is 2. The van der Waals surface area contributed by atoms with Crippen molar-refractivity contribution in [3.8, 4) is 0 Å². The van der Waals surface area contributed by atoms with Crippen molar-refractivity contribution in [2.24, 2.45) is 13.0 Å². The second-order valence-electron chi connectivity index (χ2n) is 7.68. The molecule has 0 amide bonds. The van der Waals surface area contributed by atoms with Gasteiger partial charge in [-0.05, 0) is 31.9 Å². The van der Waals surface area contributed by atoms with Crippen molar-refractivity contribution in [2.75, 3.05) is 11.4 Å². The summed E-state index contributed by atoms with van der Waals surface area (Å²) in [7, 11) is 1.58. The van der Waals surface area contributed by atoms with Crippen molar-refractivity contribution in [1.82, 2.24) is 18.7 Å². The topological polar surface area (TPSA) is 82.1 Å². The summed E-state index contributed by atoms with van der Waals surface area (Å²) in [6, 6.07) is 8.14. The fourth-order valence-electron chi connectivity index (χ4n) is 3.81. The molecule has 1 aliphatic heterocycles. The third-order valence-electron chi connectivity index (χ3n) is 5.17. The van der Waals surface area contributed by atoms with Gasteiger partial charge in [0.25, 0.3) is 5.56 Å². The van der Waals surface area contributed by atoms with Crippen LogP contribution < -0.4 is 16.1 Å². The zero-order chi connectivity index (χ0) is 20.2. The predicted octanol–water partition coefficient (Wildman–Crippen LogP) is 1.58. The zero-order valence-corrected chi connectivity index (χ0v) is 16.5. The molecule has 0 saturated carbocycles. The Bertz CT molecular complexity index is 1200. The van der Waals surface area contributed by atoms with E-state index in [2.05, 4.69) is 16.8 Å². The molecule has 2 aromatic heterocycles. The normalized spacial score (nSPS) is 16.4. The van der Waals surface area contributed by atoms with E-state index < -0.39 is 11.2 Å². The van der Waals surface area contributed by atoms with Gasteiger partial charge in [-0.15, -0.1) is 0 Å². The molecular formula is C20H23N5O3. The Labute approximate surface area is 161 Å². The van der Waals surface area contributed by atoms with E-state index in [1.54, 1.807) is 7.05 Å². The number of anilines is 2. The number of carbonyl (C=O) groups excluding carboxylic acids is 1. The highest BCUT2D eigenvalue weighted by Crippen LogP contribution is 2.32. The van der Waals surface area contributed by atoms with Crippen LogP contribution in [0.1, 0.15) is 19.4 Å². The van der Waals surface area contributed by atoms with Crippen molar-refractivity contribution in [2.45, 2.75) is 33.9 Å². The molecule has 0 fully saturated rings. The molecule has 4 rings (SSSR count). The minimum atomic E-state index is -0.530. The molecular weight excluding hydrogens is 358 g/mol. The van der Waals surface area contributed by atoms with Gasteiger partial charge in [-0.3, -0.25) is 18.7 Å². The first kappa shape index (κ1) is 18.2. The Morgan fingerprint density at radius 1 is 1.18 bits per heavy atom. The van der Waals surface area contributed by atoms with Crippen LogP contribution in [0.5, 0.6) is 0 Å². The standard InChI is InChI=1S/C20H23N5O3/c1-12-5-7-15(8-6-12)23-9-13(2)10-24-16-17(21-19(23)24)22(4)20(28)25(18(16)27)11-14(3)26/h5-8,13H,9-11H2,1-4H3. The highest BCUT2D eigenvalue weighted by atomic mass is 16.2. The van der Waals surface area contributed by atoms with Gasteiger partial charge < -0.3 is 9.47 Å². The molecule has 28 heavy (non-hydrogen) atoms. The number of hydrogen-bond acceptors (Lipinski definition) is 5. The highest BCUT2D eigenvalue weighted by Gasteiger charge is 2.29. The van der Waals surface area contributed by atoms with Crippen LogP contribution in [0.3, 0.4) is 0 Å². The molecule has 0 bridgehead atoms. The molecule has 0 aliphatic carbocycles. The molecule has 146 valence electrons. The number of imidazole rings is 1. The van der Waals surface area contributed by atoms with Gasteiger partial charge in [-0.25, -0.2) is 4.79 Å². The average Bonchev–Trinajstić information content (AvgIpc) is 3.03. The Balaban J connectivity index is 2.00. The lowest BCUT2D eigenvalue weighted by Crippen LogP contribution is -2.41. The number of fused-ring (bicyclic) bond motifs is 3. The van der Waals surface area contributed by atoms with Gasteiger partial charge in [0, 0.05) is 25.8 Å². The van der Waals surface area contributed by atoms with Gasteiger partial charge >= 0.3 is 5.69 Å². The van der Waals surface area contributed by atoms with Crippen LogP contribution in [-0.2, 0) is 24.9 Å². The van der Waals surface area contributed by atoms with Gasteiger partial charge in [-0.2, -0.15) is 4.98 Å². The van der Waals surface area contributed by atoms with E-state index in [0.717, 1.165) is 22.4 Å². The molecule has 3 aromatic rings. The molecule has 8 heteroatoms. The zero-order valence-electron chi connectivity index (χ0n) is 16.5.